The lowest BCUT2D eigenvalue weighted by Gasteiger charge is -1.98. The number of urea groups is 3. The first-order valence-electron chi connectivity index (χ1n) is 8.67. The van der Waals surface area contributed by atoms with Crippen LogP contribution < -0.4 is 33.6 Å². The Morgan fingerprint density at radius 2 is 1.00 bits per heavy atom. The first-order valence-corrected chi connectivity index (χ1v) is 8.67. The topological polar surface area (TPSA) is 201 Å². The second-order valence-corrected chi connectivity index (χ2v) is 4.32. The highest BCUT2D eigenvalue weighted by Gasteiger charge is 2.00. The van der Waals surface area contributed by atoms with Crippen molar-refractivity contribution < 1.29 is 46.7 Å². The maximum absolute atomic E-state index is 10.2. The van der Waals surface area contributed by atoms with Crippen molar-refractivity contribution in [3.8, 4) is 108 Å². The van der Waals surface area contributed by atoms with Gasteiger partial charge in [-0.15, -0.1) is 12.8 Å². The first-order chi connectivity index (χ1) is 16.7. The van der Waals surface area contributed by atoms with Crippen LogP contribution in [0.1, 0.15) is 37.2 Å². The van der Waals surface area contributed by atoms with Crippen molar-refractivity contribution in [3.05, 3.63) is 0 Å². The van der Waals surface area contributed by atoms with Crippen LogP contribution >= 0.6 is 0 Å². The number of nitrogens with two attached hydrogens (primary N) is 2. The molecule has 0 aliphatic rings. The Kier molecular flexibility index (Phi) is 37.6. The number of carbonyl (C=O) groups excluding carboxylic acids is 4. The Bertz CT molecular complexity index is 1280. The predicted octanol–water partition coefficient (Wildman–Crippen LogP) is 3.82. The molecule has 0 radical (unpaired) electrons. The van der Waals surface area contributed by atoms with Gasteiger partial charge in [-0.1, -0.05) is 7.43 Å². The van der Waals surface area contributed by atoms with Crippen molar-refractivity contribution in [3.63, 3.8) is 0 Å². The van der Waals surface area contributed by atoms with Gasteiger partial charge in [-0.05, 0) is 102 Å². The second-order valence-electron chi connectivity index (χ2n) is 4.32. The Morgan fingerprint density at radius 1 is 0.703 bits per heavy atom. The number of imide groups is 2. The summed E-state index contributed by atoms with van der Waals surface area (Å²) in [7, 11) is 1.39. The molecule has 0 aromatic heterocycles. The molecule has 0 rings (SSSR count). The molecular formula is C26H56N6O5. The number of primary amides is 2. The molecule has 0 aliphatic carbocycles. The van der Waals surface area contributed by atoms with E-state index in [9.17, 15) is 19.2 Å². The van der Waals surface area contributed by atoms with Gasteiger partial charge in [-0.25, -0.2) is 24.5 Å². The zero-order valence-corrected chi connectivity index (χ0v) is 19.3. The van der Waals surface area contributed by atoms with Crippen LogP contribution in [0.5, 0.6) is 0 Å². The third kappa shape index (κ3) is 48.2. The number of terminal acetylenes is 2. The summed E-state index contributed by atoms with van der Waals surface area (Å²) in [6, 6.07) is -2.37. The molecule has 0 aliphatic heterocycles. The lowest BCUT2D eigenvalue weighted by molar-refractivity contribution is 0.153. The van der Waals surface area contributed by atoms with E-state index in [0.717, 1.165) is 0 Å². The highest BCUT2D eigenvalue weighted by molar-refractivity contribution is 5.92. The molecule has 0 aromatic carbocycles. The minimum absolute atomic E-state index is 0. The number of hydrogen-bond donors (Lipinski definition) is 6. The van der Waals surface area contributed by atoms with Gasteiger partial charge in [0.1, 0.15) is 0 Å². The van der Waals surface area contributed by atoms with E-state index in [4.69, 9.17) is 12.8 Å². The van der Waals surface area contributed by atoms with E-state index < -0.39 is 24.2 Å². The zero-order valence-electron chi connectivity index (χ0n) is 19.3. The Morgan fingerprint density at radius 3 is 1.19 bits per heavy atom. The lowest BCUT2D eigenvalue weighted by Crippen LogP contribution is -2.40. The van der Waals surface area contributed by atoms with Crippen LogP contribution in [-0.2, 0) is 4.74 Å². The number of rotatable bonds is 1. The van der Waals surface area contributed by atoms with E-state index in [0.29, 0.717) is 0 Å². The average molecular weight is 533 g/mol. The van der Waals surface area contributed by atoms with Gasteiger partial charge in [0, 0.05) is 29.9 Å². The van der Waals surface area contributed by atoms with Crippen molar-refractivity contribution in [1.29, 1.82) is 0 Å². The van der Waals surface area contributed by atoms with Gasteiger partial charge < -0.3 is 27.7 Å². The van der Waals surface area contributed by atoms with E-state index >= 15 is 0 Å². The van der Waals surface area contributed by atoms with Gasteiger partial charge in [0.2, 0.25) is 0 Å². The van der Waals surface area contributed by atoms with Gasteiger partial charge in [-0.3, -0.25) is 5.32 Å². The second kappa shape index (κ2) is 34.1. The molecule has 7 amide bonds. The van der Waals surface area contributed by atoms with E-state index in [1.54, 1.807) is 17.6 Å². The molecule has 0 bridgehead atoms. The van der Waals surface area contributed by atoms with Crippen molar-refractivity contribution in [2.45, 2.75) is 14.4 Å². The molecule has 0 fully saturated rings. The average Bonchev–Trinajstić information content (AvgIpc) is 2.79. The van der Waals surface area contributed by atoms with E-state index in [-0.39, 0.29) is 43.0 Å². The van der Waals surface area contributed by atoms with E-state index in [1.165, 1.54) is 7.05 Å². The molecule has 10 N–H and O–H groups in total. The summed E-state index contributed by atoms with van der Waals surface area (Å²) in [6.45, 7) is 1.85. The highest BCUT2D eigenvalue weighted by Crippen LogP contribution is 1.73. The van der Waals surface area contributed by atoms with Crippen LogP contribution in [0.4, 0.5) is 19.2 Å². The third-order valence-corrected chi connectivity index (χ3v) is 1.92. The number of hydrogen-bond acceptors (Lipinski definition) is 6. The van der Waals surface area contributed by atoms with E-state index in [1.807, 2.05) is 0 Å². The van der Waals surface area contributed by atoms with Gasteiger partial charge >= 0.3 is 24.2 Å². The van der Waals surface area contributed by atoms with Gasteiger partial charge in [0.05, 0.1) is 6.61 Å². The van der Waals surface area contributed by atoms with E-state index in [2.05, 4.69) is 116 Å². The number of nitrogens with one attached hydrogen (secondary N) is 3. The van der Waals surface area contributed by atoms with Crippen LogP contribution in [-0.4, -0.2) is 37.8 Å². The van der Waals surface area contributed by atoms with Crippen molar-refractivity contribution >= 4 is 24.2 Å². The fourth-order valence-electron chi connectivity index (χ4n) is 0.889. The summed E-state index contributed by atoms with van der Waals surface area (Å²) < 4.78 is 4.30. The number of alkyl carbamates (subject to hydrolysis) is 1. The van der Waals surface area contributed by atoms with Crippen LogP contribution in [0, 0.1) is 108 Å². The lowest BCUT2D eigenvalue weighted by atomic mass is 10.5. The SMILES string of the molecule is C.C#CC#CC#CC#CC#CC#CC#CC#CC#C.CCOC(=O)NC(N)=O.CNC(=O)NC(N)=O.N.[HH].[HH].[HH].[HH].[HH].[HH].[HH].[HH].[HH].[HH].[HH].[HH].[HH].[HH].[HH].[HH]. The first kappa shape index (κ1) is 40.8. The molecule has 0 saturated heterocycles. The summed E-state index contributed by atoms with van der Waals surface area (Å²) in [5.74, 6) is 38.2. The summed E-state index contributed by atoms with van der Waals surface area (Å²) in [5.41, 5.74) is 9.13. The van der Waals surface area contributed by atoms with Crippen LogP contribution in [0.2, 0.25) is 0 Å². The number of amides is 7. The molecular weight excluding hydrogens is 476 g/mol. The Labute approximate surface area is 241 Å². The van der Waals surface area contributed by atoms with Crippen molar-refractivity contribution in [2.24, 2.45) is 11.5 Å². The Hall–Kier alpha value is -6.52. The molecule has 11 heteroatoms. The minimum Gasteiger partial charge on any atom is -0.450 e. The molecule has 37 heavy (non-hydrogen) atoms. The fraction of sp³-hybridized carbons (Fsp3) is 0.154. The van der Waals surface area contributed by atoms with Crippen LogP contribution in [0.15, 0.2) is 0 Å². The summed E-state index contributed by atoms with van der Waals surface area (Å²) >= 11 is 0. The maximum Gasteiger partial charge on any atom is 0.415 e. The van der Waals surface area contributed by atoms with Gasteiger partial charge in [0.15, 0.2) is 0 Å². The molecule has 0 aromatic rings. The summed E-state index contributed by atoms with van der Waals surface area (Å²) in [5, 5.41) is 5.65. The van der Waals surface area contributed by atoms with Crippen LogP contribution in [0.25, 0.3) is 0 Å². The monoisotopic (exact) mass is 532 g/mol. The standard InChI is InChI=1S/C18H2.C4H8N2O3.C3H7N3O2.CH4.H3N.16H2/c1-3-5-7-9-11-13-15-17-18-16-14-12-10-8-6-4-2;1-2-9-4(8)6-3(5)7;1-5-3(8)6-2(4)7;;;;;;;;;;;;;;;;;;/h1-2H;2H2,1H3,(H3,5,6,7,8);1H3,(H4,4,5,6,7,8);1H4;1H3;16*1H. The molecule has 0 unspecified atom stereocenters. The molecule has 0 spiro atoms. The quantitative estimate of drug-likeness (QED) is 0.277. The predicted molar refractivity (Wildman–Crippen MR) is 175 cm³/mol. The highest BCUT2D eigenvalue weighted by atomic mass is 16.5. The van der Waals surface area contributed by atoms with Crippen molar-refractivity contribution in [2.75, 3.05) is 13.7 Å². The van der Waals surface area contributed by atoms with Gasteiger partial charge in [0.25, 0.3) is 0 Å². The van der Waals surface area contributed by atoms with Crippen LogP contribution in [0.3, 0.4) is 0 Å². The maximum atomic E-state index is 10.2. The fourth-order valence-corrected chi connectivity index (χ4v) is 0.889. The summed E-state index contributed by atoms with van der Waals surface area (Å²) in [6.07, 6.45) is 8.95. The normalized spacial score (nSPS) is 5.41. The number of carbonyl (C=O) groups is 4. The zero-order chi connectivity index (χ0) is 27.2. The third-order valence-electron chi connectivity index (χ3n) is 1.92. The molecule has 220 valence electrons. The van der Waals surface area contributed by atoms with Crippen molar-refractivity contribution in [1.82, 2.24) is 22.1 Å². The molecule has 0 saturated carbocycles. The number of ether oxygens (including phenoxy) is 1. The molecule has 0 atom stereocenters. The van der Waals surface area contributed by atoms with Gasteiger partial charge in [-0.2, -0.15) is 0 Å². The molecule has 11 nitrogen and oxygen atoms in total. The smallest absolute Gasteiger partial charge is 0.415 e. The minimum atomic E-state index is -0.909. The summed E-state index contributed by atoms with van der Waals surface area (Å²) in [4.78, 5) is 40.0. The molecule has 0 heterocycles. The Balaban J connectivity index is -0.0000000139. The largest absolute Gasteiger partial charge is 0.450 e.